The van der Waals surface area contributed by atoms with Gasteiger partial charge in [-0.2, -0.15) is 5.26 Å². The normalized spacial score (nSPS) is 10.8. The number of nitro groups is 1. The largest absolute Gasteiger partial charge is 0.504 e. The average Bonchev–Trinajstić information content (AvgIpc) is 2.61. The molecule has 0 aliphatic heterocycles. The van der Waals surface area contributed by atoms with E-state index >= 15 is 0 Å². The van der Waals surface area contributed by atoms with Gasteiger partial charge in [0.25, 0.3) is 0 Å². The molecule has 0 saturated carbocycles. The highest BCUT2D eigenvalue weighted by Crippen LogP contribution is 2.36. The summed E-state index contributed by atoms with van der Waals surface area (Å²) in [5.41, 5.74) is -0.594. The Bertz CT molecular complexity index is 915. The van der Waals surface area contributed by atoms with E-state index in [9.17, 15) is 30.4 Å². The van der Waals surface area contributed by atoms with Gasteiger partial charge in [0.05, 0.1) is 35.7 Å². The molecule has 0 spiro atoms. The summed E-state index contributed by atoms with van der Waals surface area (Å²) in [6.07, 6.45) is 3.49. The van der Waals surface area contributed by atoms with Crippen molar-refractivity contribution in [3.8, 4) is 17.6 Å². The Kier molecular flexibility index (Phi) is 4.89. The molecule has 2 aromatic rings. The number of nitro benzene ring substituents is 1. The second kappa shape index (κ2) is 7.05. The molecule has 0 aliphatic rings. The van der Waals surface area contributed by atoms with Crippen molar-refractivity contribution in [1.82, 2.24) is 9.97 Å². The van der Waals surface area contributed by atoms with Crippen LogP contribution in [0.15, 0.2) is 24.5 Å². The summed E-state index contributed by atoms with van der Waals surface area (Å²) < 4.78 is 4.48. The lowest BCUT2D eigenvalue weighted by molar-refractivity contribution is -0.386. The molecule has 1 aromatic carbocycles. The third-order valence-corrected chi connectivity index (χ3v) is 3.04. The molecule has 10 nitrogen and oxygen atoms in total. The van der Waals surface area contributed by atoms with Crippen molar-refractivity contribution < 1.29 is 24.7 Å². The summed E-state index contributed by atoms with van der Waals surface area (Å²) in [6, 6.07) is 3.88. The van der Waals surface area contributed by atoms with Crippen LogP contribution in [0.3, 0.4) is 0 Å². The first-order valence-corrected chi connectivity index (χ1v) is 6.60. The first-order chi connectivity index (χ1) is 11.9. The second-order valence-corrected chi connectivity index (χ2v) is 4.61. The summed E-state index contributed by atoms with van der Waals surface area (Å²) in [5, 5.41) is 39.1. The van der Waals surface area contributed by atoms with Crippen molar-refractivity contribution in [3.63, 3.8) is 0 Å². The predicted octanol–water partition coefficient (Wildman–Crippen LogP) is 1.65. The number of esters is 1. The van der Waals surface area contributed by atoms with E-state index < -0.39 is 28.1 Å². The van der Waals surface area contributed by atoms with E-state index in [2.05, 4.69) is 14.7 Å². The van der Waals surface area contributed by atoms with Gasteiger partial charge in [-0.3, -0.25) is 15.1 Å². The maximum absolute atomic E-state index is 11.3. The van der Waals surface area contributed by atoms with Crippen molar-refractivity contribution in [1.29, 1.82) is 5.26 Å². The number of aromatic hydroxyl groups is 2. The van der Waals surface area contributed by atoms with Crippen molar-refractivity contribution in [2.45, 2.75) is 0 Å². The topological polar surface area (TPSA) is 159 Å². The fraction of sp³-hybridized carbons (Fsp3) is 0.0667. The van der Waals surface area contributed by atoms with E-state index in [-0.39, 0.29) is 22.5 Å². The van der Waals surface area contributed by atoms with E-state index in [1.807, 2.05) is 6.07 Å². The fourth-order valence-electron chi connectivity index (χ4n) is 1.86. The number of ether oxygens (including phenoxy) is 1. The van der Waals surface area contributed by atoms with E-state index in [0.29, 0.717) is 0 Å². The van der Waals surface area contributed by atoms with Crippen LogP contribution in [0.2, 0.25) is 0 Å². The van der Waals surface area contributed by atoms with E-state index in [1.54, 1.807) is 0 Å². The van der Waals surface area contributed by atoms with Crippen LogP contribution >= 0.6 is 0 Å². The number of carbonyl (C=O) groups excluding carboxylic acids is 1. The molecule has 0 fully saturated rings. The number of methoxy groups -OCH3 is 1. The van der Waals surface area contributed by atoms with Gasteiger partial charge in [0, 0.05) is 6.07 Å². The smallest absolute Gasteiger partial charge is 0.358 e. The third-order valence-electron chi connectivity index (χ3n) is 3.04. The molecule has 0 radical (unpaired) electrons. The van der Waals surface area contributed by atoms with Crippen LogP contribution in [0.5, 0.6) is 11.5 Å². The Hall–Kier alpha value is -4.00. The molecular formula is C15H10N4O6. The quantitative estimate of drug-likeness (QED) is 0.277. The monoisotopic (exact) mass is 342 g/mol. The van der Waals surface area contributed by atoms with Crippen molar-refractivity contribution >= 4 is 23.3 Å². The van der Waals surface area contributed by atoms with Gasteiger partial charge in [-0.25, -0.2) is 9.78 Å². The molecule has 1 aromatic heterocycles. The van der Waals surface area contributed by atoms with Gasteiger partial charge in [0.1, 0.15) is 6.07 Å². The zero-order valence-electron chi connectivity index (χ0n) is 12.7. The minimum Gasteiger partial charge on any atom is -0.504 e. The number of aromatic nitrogens is 2. The first kappa shape index (κ1) is 17.4. The third kappa shape index (κ3) is 3.67. The van der Waals surface area contributed by atoms with Crippen LogP contribution in [-0.4, -0.2) is 38.2 Å². The van der Waals surface area contributed by atoms with Crippen LogP contribution in [0.1, 0.15) is 21.7 Å². The molecule has 0 unspecified atom stereocenters. The molecule has 0 atom stereocenters. The maximum atomic E-state index is 11.3. The SMILES string of the molecule is COC(=O)c1cnc(/C(C#N)=C/c2cc(O)c(O)c([N+](=O)[O-])c2)cn1. The molecule has 126 valence electrons. The Morgan fingerprint density at radius 2 is 1.96 bits per heavy atom. The van der Waals surface area contributed by atoms with Crippen LogP contribution < -0.4 is 0 Å². The molecule has 2 N–H and O–H groups in total. The number of carbonyl (C=O) groups is 1. The molecule has 25 heavy (non-hydrogen) atoms. The Morgan fingerprint density at radius 3 is 2.48 bits per heavy atom. The highest BCUT2D eigenvalue weighted by atomic mass is 16.6. The van der Waals surface area contributed by atoms with Crippen molar-refractivity contribution in [3.05, 3.63) is 51.6 Å². The van der Waals surface area contributed by atoms with Gasteiger partial charge < -0.3 is 14.9 Å². The van der Waals surface area contributed by atoms with E-state index in [1.165, 1.54) is 13.2 Å². The second-order valence-electron chi connectivity index (χ2n) is 4.61. The lowest BCUT2D eigenvalue weighted by Gasteiger charge is -2.03. The molecule has 0 amide bonds. The number of nitrogens with zero attached hydrogens (tertiary/aromatic N) is 4. The maximum Gasteiger partial charge on any atom is 0.358 e. The first-order valence-electron chi connectivity index (χ1n) is 6.60. The zero-order chi connectivity index (χ0) is 18.6. The van der Waals surface area contributed by atoms with E-state index in [0.717, 1.165) is 24.5 Å². The summed E-state index contributed by atoms with van der Waals surface area (Å²) in [4.78, 5) is 29.0. The molecule has 2 rings (SSSR count). The molecule has 0 bridgehead atoms. The van der Waals surface area contributed by atoms with Crippen LogP contribution in [0.25, 0.3) is 11.6 Å². The van der Waals surface area contributed by atoms with Crippen molar-refractivity contribution in [2.75, 3.05) is 7.11 Å². The van der Waals surface area contributed by atoms with Gasteiger partial charge in [-0.15, -0.1) is 0 Å². The van der Waals surface area contributed by atoms with E-state index in [4.69, 9.17) is 0 Å². The number of hydrogen-bond acceptors (Lipinski definition) is 9. The van der Waals surface area contributed by atoms with Crippen LogP contribution in [-0.2, 0) is 4.74 Å². The number of phenols is 2. The minimum absolute atomic E-state index is 0.0247. The summed E-state index contributed by atoms with van der Waals surface area (Å²) in [6.45, 7) is 0. The number of nitriles is 1. The lowest BCUT2D eigenvalue weighted by atomic mass is 10.1. The Morgan fingerprint density at radius 1 is 1.32 bits per heavy atom. The number of allylic oxidation sites excluding steroid dienone is 1. The van der Waals surface area contributed by atoms with Gasteiger partial charge in [-0.1, -0.05) is 0 Å². The summed E-state index contributed by atoms with van der Waals surface area (Å²) >= 11 is 0. The summed E-state index contributed by atoms with van der Waals surface area (Å²) in [7, 11) is 1.18. The average molecular weight is 342 g/mol. The number of benzene rings is 1. The highest BCUT2D eigenvalue weighted by molar-refractivity contribution is 5.90. The van der Waals surface area contributed by atoms with Gasteiger partial charge >= 0.3 is 11.7 Å². The minimum atomic E-state index is -0.872. The standard InChI is InChI=1S/C15H10N4O6/c1-25-15(22)11-7-17-10(6-18-11)9(5-16)2-8-3-12(19(23)24)14(21)13(20)4-8/h2-4,6-7,20-21H,1H3/b9-2+. The zero-order valence-corrected chi connectivity index (χ0v) is 12.7. The summed E-state index contributed by atoms with van der Waals surface area (Å²) in [5.74, 6) is -2.27. The molecular weight excluding hydrogens is 332 g/mol. The lowest BCUT2D eigenvalue weighted by Crippen LogP contribution is -2.05. The molecule has 10 heteroatoms. The molecule has 0 aliphatic carbocycles. The van der Waals surface area contributed by atoms with Gasteiger partial charge in [-0.05, 0) is 17.7 Å². The van der Waals surface area contributed by atoms with Crippen molar-refractivity contribution in [2.24, 2.45) is 0 Å². The van der Waals surface area contributed by atoms with Crippen LogP contribution in [0, 0.1) is 21.4 Å². The van der Waals surface area contributed by atoms with Gasteiger partial charge in [0.15, 0.2) is 11.4 Å². The number of hydrogen-bond donors (Lipinski definition) is 2. The molecule has 1 heterocycles. The molecule has 0 saturated heterocycles. The number of rotatable bonds is 4. The highest BCUT2D eigenvalue weighted by Gasteiger charge is 2.19. The predicted molar refractivity (Wildman–Crippen MR) is 83.3 cm³/mol. The Labute approximate surface area is 140 Å². The Balaban J connectivity index is 2.46. The number of phenolic OH excluding ortho intramolecular Hbond substituents is 2. The van der Waals surface area contributed by atoms with Crippen LogP contribution in [0.4, 0.5) is 5.69 Å². The van der Waals surface area contributed by atoms with Gasteiger partial charge in [0.2, 0.25) is 5.75 Å². The fourth-order valence-corrected chi connectivity index (χ4v) is 1.86.